The summed E-state index contributed by atoms with van der Waals surface area (Å²) in [5, 5.41) is 25.0. The molecule has 0 bridgehead atoms. The predicted molar refractivity (Wildman–Crippen MR) is 104 cm³/mol. The molecule has 0 atom stereocenters. The number of amides is 1. The molecule has 1 aromatic heterocycles. The van der Waals surface area contributed by atoms with Crippen molar-refractivity contribution < 1.29 is 14.8 Å². The Balaban J connectivity index is 1.56. The van der Waals surface area contributed by atoms with E-state index in [1.54, 1.807) is 0 Å². The normalized spacial score (nSPS) is 13.7. The highest BCUT2D eigenvalue weighted by molar-refractivity contribution is 6.06. The van der Waals surface area contributed by atoms with E-state index in [1.807, 2.05) is 30.3 Å². The van der Waals surface area contributed by atoms with Crippen LogP contribution in [0.5, 0.6) is 5.75 Å². The number of nitrogens with one attached hydrogen (secondary N) is 1. The van der Waals surface area contributed by atoms with Gasteiger partial charge in [0.15, 0.2) is 5.75 Å². The van der Waals surface area contributed by atoms with E-state index in [-0.39, 0.29) is 5.91 Å². The first-order valence-corrected chi connectivity index (χ1v) is 8.73. The molecule has 2 N–H and O–H groups in total. The molecule has 1 amide bonds. The number of nitro groups is 1. The predicted octanol–water partition coefficient (Wildman–Crippen LogP) is 3.49. The van der Waals surface area contributed by atoms with Gasteiger partial charge in [-0.25, -0.2) is 5.43 Å². The van der Waals surface area contributed by atoms with Gasteiger partial charge in [0.05, 0.1) is 22.2 Å². The summed E-state index contributed by atoms with van der Waals surface area (Å²) in [6, 6.07) is 13.1. The number of carbonyl (C=O) groups excluding carboxylic acids is 1. The molecule has 140 valence electrons. The van der Waals surface area contributed by atoms with Crippen molar-refractivity contribution in [3.63, 3.8) is 0 Å². The second-order valence-corrected chi connectivity index (χ2v) is 6.59. The van der Waals surface area contributed by atoms with Gasteiger partial charge >= 0.3 is 5.69 Å². The van der Waals surface area contributed by atoms with Crippen LogP contribution in [0.15, 0.2) is 53.6 Å². The Labute approximate surface area is 159 Å². The number of carbonyl (C=O) groups is 1. The van der Waals surface area contributed by atoms with E-state index in [0.29, 0.717) is 17.0 Å². The van der Waals surface area contributed by atoms with E-state index in [0.717, 1.165) is 29.4 Å². The number of rotatable bonds is 5. The Bertz CT molecular complexity index is 1120. The summed E-state index contributed by atoms with van der Waals surface area (Å²) < 4.78 is 0. The number of aromatic nitrogens is 1. The van der Waals surface area contributed by atoms with Crippen LogP contribution in [-0.2, 0) is 0 Å². The standard InChI is InChI=1S/C20H16N4O4/c25-19-9-12(5-8-18(19)24(27)28)11-21-23-20(26)15-10-17(13-6-7-13)22-16-4-2-1-3-14(15)16/h1-5,8-11,13,25H,6-7H2,(H,23,26)/b21-11+. The number of phenols is 1. The lowest BCUT2D eigenvalue weighted by atomic mass is 10.1. The molecule has 1 saturated carbocycles. The maximum atomic E-state index is 12.7. The zero-order valence-electron chi connectivity index (χ0n) is 14.7. The maximum Gasteiger partial charge on any atom is 0.310 e. The number of nitrogens with zero attached hydrogens (tertiary/aromatic N) is 3. The number of aromatic hydroxyl groups is 1. The Morgan fingerprint density at radius 2 is 2.04 bits per heavy atom. The minimum atomic E-state index is -0.677. The van der Waals surface area contributed by atoms with Gasteiger partial charge in [-0.2, -0.15) is 5.10 Å². The minimum Gasteiger partial charge on any atom is -0.502 e. The maximum absolute atomic E-state index is 12.7. The molecule has 8 nitrogen and oxygen atoms in total. The first kappa shape index (κ1) is 17.6. The molecule has 0 unspecified atom stereocenters. The van der Waals surface area contributed by atoms with Gasteiger partial charge in [0.25, 0.3) is 5.91 Å². The minimum absolute atomic E-state index is 0.372. The largest absolute Gasteiger partial charge is 0.502 e. The Hall–Kier alpha value is -3.81. The number of fused-ring (bicyclic) bond motifs is 1. The summed E-state index contributed by atoms with van der Waals surface area (Å²) in [7, 11) is 0. The fourth-order valence-corrected chi connectivity index (χ4v) is 2.97. The van der Waals surface area contributed by atoms with Crippen LogP contribution in [0.3, 0.4) is 0 Å². The van der Waals surface area contributed by atoms with Gasteiger partial charge in [-0.15, -0.1) is 0 Å². The molecule has 0 aliphatic heterocycles. The van der Waals surface area contributed by atoms with Gasteiger partial charge in [0, 0.05) is 23.1 Å². The average molecular weight is 376 g/mol. The SMILES string of the molecule is O=C(N/N=C/c1ccc([N+](=O)[O-])c(O)c1)c1cc(C2CC2)nc2ccccc12. The fraction of sp³-hybridized carbons (Fsp3) is 0.150. The van der Waals surface area contributed by atoms with Crippen LogP contribution in [0.25, 0.3) is 10.9 Å². The van der Waals surface area contributed by atoms with Gasteiger partial charge in [-0.05, 0) is 42.7 Å². The summed E-state index contributed by atoms with van der Waals surface area (Å²) in [6.07, 6.45) is 3.47. The Kier molecular flexibility index (Phi) is 4.44. The van der Waals surface area contributed by atoms with Gasteiger partial charge in [0.1, 0.15) is 0 Å². The first-order chi connectivity index (χ1) is 13.5. The molecule has 0 spiro atoms. The summed E-state index contributed by atoms with van der Waals surface area (Å²) in [4.78, 5) is 27.4. The summed E-state index contributed by atoms with van der Waals surface area (Å²) in [6.45, 7) is 0. The molecular weight excluding hydrogens is 360 g/mol. The fourth-order valence-electron chi connectivity index (χ4n) is 2.97. The lowest BCUT2D eigenvalue weighted by molar-refractivity contribution is -0.385. The van der Waals surface area contributed by atoms with E-state index in [2.05, 4.69) is 15.5 Å². The molecule has 2 aromatic carbocycles. The molecule has 28 heavy (non-hydrogen) atoms. The average Bonchev–Trinajstić information content (AvgIpc) is 3.52. The zero-order valence-corrected chi connectivity index (χ0v) is 14.7. The lowest BCUT2D eigenvalue weighted by Crippen LogP contribution is -2.18. The van der Waals surface area contributed by atoms with Crippen LogP contribution < -0.4 is 5.43 Å². The highest BCUT2D eigenvalue weighted by Crippen LogP contribution is 2.40. The van der Waals surface area contributed by atoms with Gasteiger partial charge in [0.2, 0.25) is 0 Å². The molecule has 1 heterocycles. The number of hydrazone groups is 1. The molecule has 3 aromatic rings. The highest BCUT2D eigenvalue weighted by Gasteiger charge is 2.26. The number of phenolic OH excluding ortho intramolecular Hbond substituents is 1. The van der Waals surface area contributed by atoms with Crippen LogP contribution in [0.2, 0.25) is 0 Å². The molecule has 4 rings (SSSR count). The van der Waals surface area contributed by atoms with E-state index < -0.39 is 16.4 Å². The first-order valence-electron chi connectivity index (χ1n) is 8.73. The van der Waals surface area contributed by atoms with Crippen molar-refractivity contribution >= 4 is 28.7 Å². The monoisotopic (exact) mass is 376 g/mol. The summed E-state index contributed by atoms with van der Waals surface area (Å²) in [5.74, 6) is -0.430. The summed E-state index contributed by atoms with van der Waals surface area (Å²) in [5.41, 5.74) is 4.67. The van der Waals surface area contributed by atoms with E-state index in [4.69, 9.17) is 0 Å². The molecule has 1 aliphatic rings. The van der Waals surface area contributed by atoms with Crippen molar-refractivity contribution in [2.45, 2.75) is 18.8 Å². The second kappa shape index (κ2) is 7.07. The lowest BCUT2D eigenvalue weighted by Gasteiger charge is -2.08. The van der Waals surface area contributed by atoms with E-state index >= 15 is 0 Å². The highest BCUT2D eigenvalue weighted by atomic mass is 16.6. The van der Waals surface area contributed by atoms with Crippen molar-refractivity contribution in [3.05, 3.63) is 75.5 Å². The van der Waals surface area contributed by atoms with Crippen molar-refractivity contribution in [1.29, 1.82) is 0 Å². The van der Waals surface area contributed by atoms with Crippen molar-refractivity contribution in [2.75, 3.05) is 0 Å². The second-order valence-electron chi connectivity index (χ2n) is 6.59. The molecule has 8 heteroatoms. The number of hydrogen-bond acceptors (Lipinski definition) is 6. The zero-order chi connectivity index (χ0) is 19.7. The topological polar surface area (TPSA) is 118 Å². The van der Waals surface area contributed by atoms with Crippen LogP contribution in [0.1, 0.15) is 40.4 Å². The molecule has 1 aliphatic carbocycles. The smallest absolute Gasteiger partial charge is 0.310 e. The van der Waals surface area contributed by atoms with Gasteiger partial charge < -0.3 is 5.11 Å². The number of nitro benzene ring substituents is 1. The van der Waals surface area contributed by atoms with Crippen LogP contribution in [0.4, 0.5) is 5.69 Å². The quantitative estimate of drug-likeness (QED) is 0.401. The van der Waals surface area contributed by atoms with Crippen molar-refractivity contribution in [1.82, 2.24) is 10.4 Å². The van der Waals surface area contributed by atoms with Gasteiger partial charge in [-0.1, -0.05) is 18.2 Å². The van der Waals surface area contributed by atoms with Gasteiger partial charge in [-0.3, -0.25) is 19.9 Å². The number of para-hydroxylation sites is 1. The molecule has 0 saturated heterocycles. The van der Waals surface area contributed by atoms with E-state index in [1.165, 1.54) is 24.4 Å². The van der Waals surface area contributed by atoms with Crippen molar-refractivity contribution in [3.8, 4) is 5.75 Å². The van der Waals surface area contributed by atoms with E-state index in [9.17, 15) is 20.0 Å². The number of hydrogen-bond donors (Lipinski definition) is 2. The summed E-state index contributed by atoms with van der Waals surface area (Å²) >= 11 is 0. The number of benzene rings is 2. The van der Waals surface area contributed by atoms with Crippen LogP contribution in [0, 0.1) is 10.1 Å². The van der Waals surface area contributed by atoms with Crippen molar-refractivity contribution in [2.24, 2.45) is 5.10 Å². The Morgan fingerprint density at radius 3 is 2.75 bits per heavy atom. The third kappa shape index (κ3) is 3.52. The van der Waals surface area contributed by atoms with Crippen LogP contribution in [-0.4, -0.2) is 27.1 Å². The molecule has 0 radical (unpaired) electrons. The third-order valence-corrected chi connectivity index (χ3v) is 4.55. The van der Waals surface area contributed by atoms with Crippen LogP contribution >= 0.6 is 0 Å². The number of pyridine rings is 1. The Morgan fingerprint density at radius 1 is 1.25 bits per heavy atom. The molecular formula is C20H16N4O4. The molecule has 1 fully saturated rings. The third-order valence-electron chi connectivity index (χ3n) is 4.55.